The van der Waals surface area contributed by atoms with Gasteiger partial charge in [-0.1, -0.05) is 46.7 Å². The van der Waals surface area contributed by atoms with Crippen LogP contribution in [0.2, 0.25) is 10.0 Å². The normalized spacial score (nSPS) is 19.0. The quantitative estimate of drug-likeness (QED) is 0.594. The molecule has 0 spiro atoms. The Kier molecular flexibility index (Phi) is 5.45. The molecule has 1 aliphatic rings. The zero-order valence-electron chi connectivity index (χ0n) is 14.9. The molecule has 1 fully saturated rings. The van der Waals surface area contributed by atoms with Crippen LogP contribution in [-0.4, -0.2) is 51.9 Å². The number of aromatic nitrogens is 4. The van der Waals surface area contributed by atoms with Crippen molar-refractivity contribution in [1.82, 2.24) is 24.1 Å². The van der Waals surface area contributed by atoms with Crippen LogP contribution in [0.5, 0.6) is 0 Å². The van der Waals surface area contributed by atoms with Crippen molar-refractivity contribution in [1.29, 1.82) is 0 Å². The number of fused-ring (bicyclic) bond motifs is 1. The molecule has 0 radical (unpaired) electrons. The highest BCUT2D eigenvalue weighted by molar-refractivity contribution is 7.88. The summed E-state index contributed by atoms with van der Waals surface area (Å²) in [6.07, 6.45) is 6.62. The molecule has 1 aliphatic heterocycles. The summed E-state index contributed by atoms with van der Waals surface area (Å²) in [5, 5.41) is 15.0. The minimum Gasteiger partial charge on any atom is -0.213 e. The van der Waals surface area contributed by atoms with Crippen LogP contribution in [0.1, 0.15) is 35.2 Å². The topological polar surface area (TPSA) is 80.5 Å². The van der Waals surface area contributed by atoms with Crippen molar-refractivity contribution in [2.75, 3.05) is 19.3 Å². The fraction of sp³-hybridized carbons (Fsp3) is 0.353. The average Bonchev–Trinajstić information content (AvgIpc) is 3.20. The molecular formula is C17H17Cl2N5O2S2. The summed E-state index contributed by atoms with van der Waals surface area (Å²) in [5.41, 5.74) is 0.841. The highest BCUT2D eigenvalue weighted by atomic mass is 35.5. The van der Waals surface area contributed by atoms with Crippen LogP contribution < -0.4 is 0 Å². The molecule has 4 rings (SSSR count). The van der Waals surface area contributed by atoms with E-state index in [1.165, 1.54) is 21.9 Å². The zero-order chi connectivity index (χ0) is 19.9. The van der Waals surface area contributed by atoms with E-state index in [0.29, 0.717) is 33.9 Å². The molecule has 1 atom stereocenters. The summed E-state index contributed by atoms with van der Waals surface area (Å²) >= 11 is 13.5. The first-order valence-corrected chi connectivity index (χ1v) is 12.0. The van der Waals surface area contributed by atoms with Crippen molar-refractivity contribution in [3.05, 3.63) is 44.6 Å². The fourth-order valence-corrected chi connectivity index (χ4v) is 5.35. The van der Waals surface area contributed by atoms with Gasteiger partial charge >= 0.3 is 0 Å². The molecule has 148 valence electrons. The maximum absolute atomic E-state index is 11.9. The lowest BCUT2D eigenvalue weighted by Gasteiger charge is -2.29. The third-order valence-electron chi connectivity index (χ3n) is 4.62. The Bertz CT molecular complexity index is 1160. The van der Waals surface area contributed by atoms with Crippen molar-refractivity contribution >= 4 is 61.7 Å². The second kappa shape index (κ2) is 7.72. The summed E-state index contributed by atoms with van der Waals surface area (Å²) in [6.45, 7) is 0.951. The van der Waals surface area contributed by atoms with Crippen LogP contribution in [0.25, 0.3) is 17.1 Å². The first-order valence-electron chi connectivity index (χ1n) is 8.61. The number of sulfonamides is 1. The van der Waals surface area contributed by atoms with Gasteiger partial charge in [0.2, 0.25) is 15.0 Å². The summed E-state index contributed by atoms with van der Waals surface area (Å²) in [6, 6.07) is 5.31. The number of rotatable bonds is 4. The van der Waals surface area contributed by atoms with E-state index in [9.17, 15) is 8.42 Å². The molecule has 1 aromatic carbocycles. The first kappa shape index (κ1) is 19.8. The van der Waals surface area contributed by atoms with Crippen molar-refractivity contribution < 1.29 is 8.42 Å². The number of benzene rings is 1. The van der Waals surface area contributed by atoms with E-state index in [-0.39, 0.29) is 5.92 Å². The summed E-state index contributed by atoms with van der Waals surface area (Å²) in [7, 11) is -3.22. The van der Waals surface area contributed by atoms with E-state index in [4.69, 9.17) is 23.2 Å². The molecule has 1 unspecified atom stereocenters. The van der Waals surface area contributed by atoms with Gasteiger partial charge in [0.05, 0.1) is 6.26 Å². The average molecular weight is 458 g/mol. The van der Waals surface area contributed by atoms with Crippen LogP contribution in [0.15, 0.2) is 18.2 Å². The molecular weight excluding hydrogens is 441 g/mol. The number of piperidine rings is 1. The van der Waals surface area contributed by atoms with Crippen molar-refractivity contribution in [3.63, 3.8) is 0 Å². The minimum atomic E-state index is -3.22. The predicted molar refractivity (Wildman–Crippen MR) is 112 cm³/mol. The smallest absolute Gasteiger partial charge is 0.213 e. The first-order chi connectivity index (χ1) is 13.3. The molecule has 0 bridgehead atoms. The Hall–Kier alpha value is -1.52. The van der Waals surface area contributed by atoms with Gasteiger partial charge in [-0.25, -0.2) is 12.7 Å². The van der Waals surface area contributed by atoms with Crippen LogP contribution in [0, 0.1) is 0 Å². The van der Waals surface area contributed by atoms with Gasteiger partial charge in [-0.2, -0.15) is 9.61 Å². The predicted octanol–water partition coefficient (Wildman–Crippen LogP) is 3.80. The van der Waals surface area contributed by atoms with E-state index in [1.807, 2.05) is 18.2 Å². The van der Waals surface area contributed by atoms with E-state index in [1.54, 1.807) is 16.6 Å². The largest absolute Gasteiger partial charge is 0.234 e. The van der Waals surface area contributed by atoms with E-state index in [2.05, 4.69) is 15.3 Å². The summed E-state index contributed by atoms with van der Waals surface area (Å²) in [4.78, 5) is 0.674. The second-order valence-corrected chi connectivity index (χ2v) is 10.5. The molecule has 11 heteroatoms. The molecule has 3 aromatic rings. The zero-order valence-corrected chi connectivity index (χ0v) is 18.1. The minimum absolute atomic E-state index is 0.0249. The Morgan fingerprint density at radius 3 is 2.82 bits per heavy atom. The standard InChI is InChI=1S/C17H17Cl2N5O2S2/c1-28(25,26)23-8-2-3-12(10-23)16-20-21-17-24(16)22-15(27-17)7-5-11-4-6-13(18)9-14(11)19/h4-7,9,12H,2-3,8,10H2,1H3/b7-5+. The van der Waals surface area contributed by atoms with Crippen molar-refractivity contribution in [2.24, 2.45) is 0 Å². The van der Waals surface area contributed by atoms with Crippen LogP contribution in [0.3, 0.4) is 0 Å². The molecule has 0 saturated carbocycles. The molecule has 1 saturated heterocycles. The molecule has 28 heavy (non-hydrogen) atoms. The van der Waals surface area contributed by atoms with Gasteiger partial charge in [-0.05, 0) is 36.6 Å². The molecule has 0 N–H and O–H groups in total. The maximum Gasteiger partial charge on any atom is 0.234 e. The lowest BCUT2D eigenvalue weighted by molar-refractivity contribution is 0.309. The molecule has 0 amide bonds. The van der Waals surface area contributed by atoms with Gasteiger partial charge in [0.25, 0.3) is 0 Å². The summed E-state index contributed by atoms with van der Waals surface area (Å²) < 4.78 is 27.0. The molecule has 2 aromatic heterocycles. The van der Waals surface area contributed by atoms with Gasteiger partial charge in [0.15, 0.2) is 5.82 Å². The second-order valence-electron chi connectivity index (χ2n) is 6.65. The third-order valence-corrected chi connectivity index (χ3v) is 7.31. The highest BCUT2D eigenvalue weighted by Crippen LogP contribution is 2.29. The number of nitrogens with zero attached hydrogens (tertiary/aromatic N) is 5. The lowest BCUT2D eigenvalue weighted by atomic mass is 9.99. The van der Waals surface area contributed by atoms with Crippen molar-refractivity contribution in [3.8, 4) is 0 Å². The van der Waals surface area contributed by atoms with E-state index in [0.717, 1.165) is 23.4 Å². The highest BCUT2D eigenvalue weighted by Gasteiger charge is 2.30. The molecule has 7 nitrogen and oxygen atoms in total. The van der Waals surface area contributed by atoms with Gasteiger partial charge in [-0.15, -0.1) is 10.2 Å². The Morgan fingerprint density at radius 1 is 1.25 bits per heavy atom. The van der Waals surface area contributed by atoms with E-state index >= 15 is 0 Å². The number of hydrogen-bond donors (Lipinski definition) is 0. The maximum atomic E-state index is 11.9. The van der Waals surface area contributed by atoms with Crippen LogP contribution >= 0.6 is 34.5 Å². The van der Waals surface area contributed by atoms with Gasteiger partial charge in [0, 0.05) is 29.1 Å². The monoisotopic (exact) mass is 457 g/mol. The van der Waals surface area contributed by atoms with Gasteiger partial charge in [-0.3, -0.25) is 0 Å². The van der Waals surface area contributed by atoms with E-state index < -0.39 is 10.0 Å². The molecule has 3 heterocycles. The Labute approximate surface area is 176 Å². The van der Waals surface area contributed by atoms with Crippen molar-refractivity contribution in [2.45, 2.75) is 18.8 Å². The fourth-order valence-electron chi connectivity index (χ4n) is 3.22. The lowest BCUT2D eigenvalue weighted by Crippen LogP contribution is -2.38. The SMILES string of the molecule is CS(=O)(=O)N1CCCC(c2nnc3sc(/C=C/c4ccc(Cl)cc4Cl)nn23)C1. The Balaban J connectivity index is 1.59. The Morgan fingerprint density at radius 2 is 2.07 bits per heavy atom. The van der Waals surface area contributed by atoms with Crippen LogP contribution in [0.4, 0.5) is 0 Å². The number of halogens is 2. The van der Waals surface area contributed by atoms with Gasteiger partial charge in [0.1, 0.15) is 5.01 Å². The third kappa shape index (κ3) is 4.08. The van der Waals surface area contributed by atoms with Crippen LogP contribution in [-0.2, 0) is 10.0 Å². The summed E-state index contributed by atoms with van der Waals surface area (Å²) in [5.74, 6) is 0.673. The number of hydrogen-bond acceptors (Lipinski definition) is 6. The van der Waals surface area contributed by atoms with Gasteiger partial charge < -0.3 is 0 Å². The molecule has 0 aliphatic carbocycles.